The number of halogens is 1. The molecule has 0 bridgehead atoms. The highest BCUT2D eigenvalue weighted by Crippen LogP contribution is 2.16. The highest BCUT2D eigenvalue weighted by Gasteiger charge is 2.04. The van der Waals surface area contributed by atoms with E-state index in [-0.39, 0.29) is 5.82 Å². The molecule has 0 spiro atoms. The van der Waals surface area contributed by atoms with Crippen LogP contribution in [-0.2, 0) is 0 Å². The molecule has 2 aromatic heterocycles. The molecule has 3 rings (SSSR count). The van der Waals surface area contributed by atoms with Crippen LogP contribution in [0.25, 0.3) is 5.65 Å². The zero-order chi connectivity index (χ0) is 13.8. The summed E-state index contributed by atoms with van der Waals surface area (Å²) in [6.45, 7) is 0.776. The van der Waals surface area contributed by atoms with Crippen molar-refractivity contribution >= 4 is 23.1 Å². The number of hydrogen-bond donors (Lipinski definition) is 1. The lowest BCUT2D eigenvalue weighted by Gasteiger charge is -2.05. The second-order valence-corrected chi connectivity index (χ2v) is 5.26. The molecule has 0 atom stereocenters. The fraction of sp³-hybridized carbons (Fsp3) is 0.143. The van der Waals surface area contributed by atoms with E-state index >= 15 is 0 Å². The van der Waals surface area contributed by atoms with Gasteiger partial charge in [-0.15, -0.1) is 10.2 Å². The molecular formula is C14H13FN4S. The molecule has 0 amide bonds. The number of nitrogens with one attached hydrogen (secondary N) is 1. The Bertz CT molecular complexity index is 696. The molecular weight excluding hydrogens is 275 g/mol. The van der Waals surface area contributed by atoms with Crippen LogP contribution in [0.15, 0.2) is 53.8 Å². The molecule has 102 valence electrons. The molecule has 0 unspecified atom stereocenters. The number of fused-ring (bicyclic) bond motifs is 1. The Morgan fingerprint density at radius 1 is 1.10 bits per heavy atom. The average molecular weight is 288 g/mol. The van der Waals surface area contributed by atoms with E-state index in [2.05, 4.69) is 15.5 Å². The van der Waals surface area contributed by atoms with Crippen molar-refractivity contribution in [1.29, 1.82) is 0 Å². The van der Waals surface area contributed by atoms with Gasteiger partial charge >= 0.3 is 0 Å². The molecule has 20 heavy (non-hydrogen) atoms. The Kier molecular flexibility index (Phi) is 3.83. The molecule has 0 aliphatic carbocycles. The first kappa shape index (κ1) is 12.9. The lowest BCUT2D eigenvalue weighted by molar-refractivity contribution is 0.628. The van der Waals surface area contributed by atoms with Crippen LogP contribution in [-0.4, -0.2) is 26.9 Å². The summed E-state index contributed by atoms with van der Waals surface area (Å²) in [5, 5.41) is 12.4. The fourth-order valence-corrected chi connectivity index (χ4v) is 2.60. The maximum absolute atomic E-state index is 12.8. The summed E-state index contributed by atoms with van der Waals surface area (Å²) in [6.07, 6.45) is 1.95. The first-order valence-electron chi connectivity index (χ1n) is 6.25. The summed E-state index contributed by atoms with van der Waals surface area (Å²) >= 11 is 1.63. The molecule has 1 N–H and O–H groups in total. The van der Waals surface area contributed by atoms with Gasteiger partial charge in [-0.1, -0.05) is 17.8 Å². The molecule has 2 heterocycles. The molecule has 4 nitrogen and oxygen atoms in total. The minimum absolute atomic E-state index is 0.222. The van der Waals surface area contributed by atoms with E-state index in [4.69, 9.17) is 0 Å². The SMILES string of the molecule is Fc1ccc(NCCSc2nnc3ccccn23)cc1. The molecule has 6 heteroatoms. The van der Waals surface area contributed by atoms with E-state index in [0.717, 1.165) is 28.8 Å². The summed E-state index contributed by atoms with van der Waals surface area (Å²) in [6, 6.07) is 12.2. The zero-order valence-corrected chi connectivity index (χ0v) is 11.5. The number of anilines is 1. The zero-order valence-electron chi connectivity index (χ0n) is 10.7. The smallest absolute Gasteiger partial charge is 0.195 e. The number of hydrogen-bond acceptors (Lipinski definition) is 4. The number of nitrogens with zero attached hydrogens (tertiary/aromatic N) is 3. The van der Waals surface area contributed by atoms with Crippen molar-refractivity contribution < 1.29 is 4.39 Å². The van der Waals surface area contributed by atoms with Gasteiger partial charge in [0.05, 0.1) is 0 Å². The second kappa shape index (κ2) is 5.92. The lowest BCUT2D eigenvalue weighted by Crippen LogP contribution is -2.04. The lowest BCUT2D eigenvalue weighted by atomic mass is 10.3. The van der Waals surface area contributed by atoms with Crippen molar-refractivity contribution in [3.8, 4) is 0 Å². The minimum atomic E-state index is -0.222. The summed E-state index contributed by atoms with van der Waals surface area (Å²) in [7, 11) is 0. The highest BCUT2D eigenvalue weighted by molar-refractivity contribution is 7.99. The highest BCUT2D eigenvalue weighted by atomic mass is 32.2. The van der Waals surface area contributed by atoms with E-state index in [1.807, 2.05) is 28.8 Å². The topological polar surface area (TPSA) is 42.2 Å². The second-order valence-electron chi connectivity index (χ2n) is 4.19. The molecule has 0 saturated carbocycles. The molecule has 1 aromatic carbocycles. The van der Waals surface area contributed by atoms with Gasteiger partial charge in [-0.3, -0.25) is 4.40 Å². The summed E-state index contributed by atoms with van der Waals surface area (Å²) in [5.41, 5.74) is 1.76. The van der Waals surface area contributed by atoms with Gasteiger partial charge in [0.2, 0.25) is 0 Å². The Labute approximate surface area is 120 Å². The summed E-state index contributed by atoms with van der Waals surface area (Å²) in [5.74, 6) is 0.632. The third-order valence-electron chi connectivity index (χ3n) is 2.79. The van der Waals surface area contributed by atoms with Crippen LogP contribution in [0.5, 0.6) is 0 Å². The van der Waals surface area contributed by atoms with E-state index < -0.39 is 0 Å². The molecule has 0 fully saturated rings. The number of pyridine rings is 1. The molecule has 0 aliphatic heterocycles. The Hall–Kier alpha value is -2.08. The van der Waals surface area contributed by atoms with E-state index in [0.29, 0.717) is 0 Å². The van der Waals surface area contributed by atoms with Gasteiger partial charge in [-0.05, 0) is 36.4 Å². The van der Waals surface area contributed by atoms with Gasteiger partial charge < -0.3 is 5.32 Å². The number of aromatic nitrogens is 3. The van der Waals surface area contributed by atoms with E-state index in [1.165, 1.54) is 12.1 Å². The molecule has 0 saturated heterocycles. The standard InChI is InChI=1S/C14H13FN4S/c15-11-4-6-12(7-5-11)16-8-10-20-14-18-17-13-3-1-2-9-19(13)14/h1-7,9,16H,8,10H2. The van der Waals surface area contributed by atoms with Crippen LogP contribution < -0.4 is 5.32 Å². The summed E-state index contributed by atoms with van der Waals surface area (Å²) < 4.78 is 14.7. The third kappa shape index (κ3) is 2.91. The quantitative estimate of drug-likeness (QED) is 0.579. The van der Waals surface area contributed by atoms with E-state index in [9.17, 15) is 4.39 Å². The van der Waals surface area contributed by atoms with Gasteiger partial charge in [0.1, 0.15) is 5.82 Å². The van der Waals surface area contributed by atoms with Crippen LogP contribution in [0.2, 0.25) is 0 Å². The van der Waals surface area contributed by atoms with Crippen molar-refractivity contribution in [1.82, 2.24) is 14.6 Å². The van der Waals surface area contributed by atoms with Crippen LogP contribution >= 0.6 is 11.8 Å². The van der Waals surface area contributed by atoms with Crippen molar-refractivity contribution in [3.05, 3.63) is 54.5 Å². The summed E-state index contributed by atoms with van der Waals surface area (Å²) in [4.78, 5) is 0. The first-order chi connectivity index (χ1) is 9.83. The van der Waals surface area contributed by atoms with Crippen molar-refractivity contribution in [2.75, 3.05) is 17.6 Å². The maximum Gasteiger partial charge on any atom is 0.195 e. The average Bonchev–Trinajstić information content (AvgIpc) is 2.89. The fourth-order valence-electron chi connectivity index (χ4n) is 1.82. The van der Waals surface area contributed by atoms with Crippen LogP contribution in [0.1, 0.15) is 0 Å². The van der Waals surface area contributed by atoms with Crippen molar-refractivity contribution in [2.45, 2.75) is 5.16 Å². The normalized spacial score (nSPS) is 10.8. The van der Waals surface area contributed by atoms with Crippen LogP contribution in [0, 0.1) is 5.82 Å². The molecule has 0 radical (unpaired) electrons. The van der Waals surface area contributed by atoms with Crippen molar-refractivity contribution in [3.63, 3.8) is 0 Å². The molecule has 3 aromatic rings. The Morgan fingerprint density at radius 2 is 1.95 bits per heavy atom. The van der Waals surface area contributed by atoms with Gasteiger partial charge in [0.25, 0.3) is 0 Å². The monoisotopic (exact) mass is 288 g/mol. The largest absolute Gasteiger partial charge is 0.384 e. The number of thioether (sulfide) groups is 1. The van der Waals surface area contributed by atoms with Gasteiger partial charge in [-0.25, -0.2) is 4.39 Å². The number of benzene rings is 1. The minimum Gasteiger partial charge on any atom is -0.384 e. The third-order valence-corrected chi connectivity index (χ3v) is 3.73. The van der Waals surface area contributed by atoms with Crippen LogP contribution in [0.4, 0.5) is 10.1 Å². The van der Waals surface area contributed by atoms with Crippen molar-refractivity contribution in [2.24, 2.45) is 0 Å². The first-order valence-corrected chi connectivity index (χ1v) is 7.23. The Morgan fingerprint density at radius 3 is 2.80 bits per heavy atom. The van der Waals surface area contributed by atoms with Crippen LogP contribution in [0.3, 0.4) is 0 Å². The Balaban J connectivity index is 1.54. The maximum atomic E-state index is 12.8. The number of rotatable bonds is 5. The van der Waals surface area contributed by atoms with Gasteiger partial charge in [-0.2, -0.15) is 0 Å². The van der Waals surface area contributed by atoms with Gasteiger partial charge in [0, 0.05) is 24.2 Å². The predicted molar refractivity (Wildman–Crippen MR) is 78.6 cm³/mol. The predicted octanol–water partition coefficient (Wildman–Crippen LogP) is 3.07. The van der Waals surface area contributed by atoms with Gasteiger partial charge in [0.15, 0.2) is 10.8 Å². The van der Waals surface area contributed by atoms with E-state index in [1.54, 1.807) is 23.9 Å². The molecule has 0 aliphatic rings.